The maximum atomic E-state index is 11.9. The first kappa shape index (κ1) is 16.7. The second-order valence-electron chi connectivity index (χ2n) is 5.78. The van der Waals surface area contributed by atoms with Crippen LogP contribution in [0.4, 0.5) is 4.79 Å². The fourth-order valence-electron chi connectivity index (χ4n) is 2.19. The predicted molar refractivity (Wildman–Crippen MR) is 83.5 cm³/mol. The van der Waals surface area contributed by atoms with Crippen molar-refractivity contribution in [2.45, 2.75) is 32.8 Å². The van der Waals surface area contributed by atoms with Crippen LogP contribution < -0.4 is 10.3 Å². The monoisotopic (exact) mass is 328 g/mol. The summed E-state index contributed by atoms with van der Waals surface area (Å²) in [4.78, 5) is 27.3. The van der Waals surface area contributed by atoms with Gasteiger partial charge in [0.1, 0.15) is 11.9 Å². The molecule has 1 aliphatic rings. The third kappa shape index (κ3) is 4.66. The Balaban J connectivity index is 1.83. The highest BCUT2D eigenvalue weighted by atomic mass is 35.5. The maximum Gasteiger partial charge on any atom is 0.409 e. The molecule has 0 saturated carbocycles. The number of aromatic nitrogens is 1. The highest BCUT2D eigenvalue weighted by Gasteiger charge is 2.25. The van der Waals surface area contributed by atoms with E-state index in [0.717, 1.165) is 0 Å². The van der Waals surface area contributed by atoms with Crippen LogP contribution in [0.3, 0.4) is 0 Å². The van der Waals surface area contributed by atoms with Gasteiger partial charge in [-0.05, 0) is 5.92 Å². The summed E-state index contributed by atoms with van der Waals surface area (Å²) in [6.07, 6.45) is 2.44. The summed E-state index contributed by atoms with van der Waals surface area (Å²) in [5.74, 6) is 0.703. The standard InChI is InChI=1S/C15H21ClN2O4/c1-10(2)9-21-15(20)18-5-3-11(4-6-18)22-13-7-14(19)17-8-12(13)16/h7-8,10-11H,3-6,9H2,1-2H3,(H,17,19). The minimum atomic E-state index is -0.277. The smallest absolute Gasteiger partial charge is 0.409 e. The van der Waals surface area contributed by atoms with E-state index < -0.39 is 0 Å². The number of nitrogens with one attached hydrogen (secondary N) is 1. The van der Waals surface area contributed by atoms with Gasteiger partial charge >= 0.3 is 6.09 Å². The van der Waals surface area contributed by atoms with Gasteiger partial charge in [-0.3, -0.25) is 4.79 Å². The van der Waals surface area contributed by atoms with Crippen LogP contribution in [0.25, 0.3) is 0 Å². The number of nitrogens with zero attached hydrogens (tertiary/aromatic N) is 1. The number of amides is 1. The molecular weight excluding hydrogens is 308 g/mol. The first-order chi connectivity index (χ1) is 10.5. The number of pyridine rings is 1. The maximum absolute atomic E-state index is 11.9. The van der Waals surface area contributed by atoms with E-state index in [4.69, 9.17) is 21.1 Å². The summed E-state index contributed by atoms with van der Waals surface area (Å²) in [6, 6.07) is 1.34. The molecule has 0 radical (unpaired) electrons. The third-order valence-corrected chi connectivity index (χ3v) is 3.67. The van der Waals surface area contributed by atoms with Crippen LogP contribution in [-0.4, -0.2) is 41.8 Å². The van der Waals surface area contributed by atoms with E-state index in [1.165, 1.54) is 12.3 Å². The molecule has 122 valence electrons. The fraction of sp³-hybridized carbons (Fsp3) is 0.600. The number of piperidine rings is 1. The summed E-state index contributed by atoms with van der Waals surface area (Å²) in [6.45, 7) is 5.57. The van der Waals surface area contributed by atoms with Crippen molar-refractivity contribution in [3.05, 3.63) is 27.6 Å². The SMILES string of the molecule is CC(C)COC(=O)N1CCC(Oc2cc(=O)[nH]cc2Cl)CC1. The second-order valence-corrected chi connectivity index (χ2v) is 6.19. The lowest BCUT2D eigenvalue weighted by Crippen LogP contribution is -2.42. The quantitative estimate of drug-likeness (QED) is 0.922. The van der Waals surface area contributed by atoms with Crippen LogP contribution in [0.2, 0.25) is 5.02 Å². The Labute approximate surface area is 134 Å². The van der Waals surface area contributed by atoms with Gasteiger partial charge in [-0.25, -0.2) is 4.79 Å². The van der Waals surface area contributed by atoms with Gasteiger partial charge < -0.3 is 19.4 Å². The highest BCUT2D eigenvalue weighted by molar-refractivity contribution is 6.31. The van der Waals surface area contributed by atoms with Crippen LogP contribution in [0.1, 0.15) is 26.7 Å². The summed E-state index contributed by atoms with van der Waals surface area (Å²) in [5, 5.41) is 0.373. The number of hydrogen-bond donors (Lipinski definition) is 1. The number of hydrogen-bond acceptors (Lipinski definition) is 4. The number of rotatable bonds is 4. The van der Waals surface area contributed by atoms with E-state index in [1.807, 2.05) is 13.8 Å². The van der Waals surface area contributed by atoms with Gasteiger partial charge in [0.15, 0.2) is 0 Å². The number of aromatic amines is 1. The Kier molecular flexibility index (Phi) is 5.71. The molecule has 0 aromatic carbocycles. The molecule has 1 aromatic heterocycles. The molecule has 1 saturated heterocycles. The Bertz CT molecular complexity index is 565. The van der Waals surface area contributed by atoms with E-state index in [-0.39, 0.29) is 17.8 Å². The number of ether oxygens (including phenoxy) is 2. The average molecular weight is 329 g/mol. The zero-order valence-electron chi connectivity index (χ0n) is 12.8. The van der Waals surface area contributed by atoms with Crippen LogP contribution in [0, 0.1) is 5.92 Å². The van der Waals surface area contributed by atoms with Crippen molar-refractivity contribution >= 4 is 17.7 Å². The molecule has 2 heterocycles. The minimum Gasteiger partial charge on any atom is -0.488 e. The zero-order chi connectivity index (χ0) is 16.1. The molecule has 0 bridgehead atoms. The van der Waals surface area contributed by atoms with E-state index >= 15 is 0 Å². The molecule has 1 aromatic rings. The molecule has 0 spiro atoms. The topological polar surface area (TPSA) is 71.6 Å². The minimum absolute atomic E-state index is 0.0616. The summed E-state index contributed by atoms with van der Waals surface area (Å²) < 4.78 is 11.0. The second kappa shape index (κ2) is 7.54. The van der Waals surface area contributed by atoms with Crippen molar-refractivity contribution in [2.24, 2.45) is 5.92 Å². The first-order valence-electron chi connectivity index (χ1n) is 7.42. The van der Waals surface area contributed by atoms with Crippen LogP contribution in [0.5, 0.6) is 5.75 Å². The lowest BCUT2D eigenvalue weighted by molar-refractivity contribution is 0.0618. The van der Waals surface area contributed by atoms with Gasteiger partial charge in [0.05, 0.1) is 11.6 Å². The van der Waals surface area contributed by atoms with E-state index in [2.05, 4.69) is 4.98 Å². The molecule has 1 fully saturated rings. The van der Waals surface area contributed by atoms with Crippen molar-refractivity contribution in [3.8, 4) is 5.75 Å². The Hall–Kier alpha value is -1.69. The lowest BCUT2D eigenvalue weighted by atomic mass is 10.1. The van der Waals surface area contributed by atoms with Crippen molar-refractivity contribution < 1.29 is 14.3 Å². The zero-order valence-corrected chi connectivity index (χ0v) is 13.6. The van der Waals surface area contributed by atoms with Gasteiger partial charge in [0, 0.05) is 38.2 Å². The molecule has 6 nitrogen and oxygen atoms in total. The normalized spacial score (nSPS) is 15.9. The average Bonchev–Trinajstić information content (AvgIpc) is 2.49. The molecule has 0 aliphatic carbocycles. The molecule has 7 heteroatoms. The molecule has 2 rings (SSSR count). The van der Waals surface area contributed by atoms with Gasteiger partial charge in [-0.15, -0.1) is 0 Å². The van der Waals surface area contributed by atoms with E-state index in [1.54, 1.807) is 4.90 Å². The summed E-state index contributed by atoms with van der Waals surface area (Å²) in [5.41, 5.74) is -0.255. The van der Waals surface area contributed by atoms with E-state index in [0.29, 0.717) is 49.2 Å². The number of likely N-dealkylation sites (tertiary alicyclic amines) is 1. The summed E-state index contributed by atoms with van der Waals surface area (Å²) >= 11 is 5.99. The Morgan fingerprint density at radius 3 is 2.77 bits per heavy atom. The van der Waals surface area contributed by atoms with Crippen LogP contribution in [0.15, 0.2) is 17.1 Å². The molecule has 1 N–H and O–H groups in total. The molecule has 1 aliphatic heterocycles. The van der Waals surface area contributed by atoms with Crippen molar-refractivity contribution in [1.29, 1.82) is 0 Å². The van der Waals surface area contributed by atoms with Gasteiger partial charge in [-0.2, -0.15) is 0 Å². The van der Waals surface area contributed by atoms with E-state index in [9.17, 15) is 9.59 Å². The van der Waals surface area contributed by atoms with Crippen molar-refractivity contribution in [1.82, 2.24) is 9.88 Å². The largest absolute Gasteiger partial charge is 0.488 e. The number of carbonyl (C=O) groups excluding carboxylic acids is 1. The molecule has 22 heavy (non-hydrogen) atoms. The molecule has 0 atom stereocenters. The Morgan fingerprint density at radius 2 is 2.14 bits per heavy atom. The van der Waals surface area contributed by atoms with Crippen LogP contribution >= 0.6 is 11.6 Å². The summed E-state index contributed by atoms with van der Waals surface area (Å²) in [7, 11) is 0. The first-order valence-corrected chi connectivity index (χ1v) is 7.80. The molecular formula is C15H21ClN2O4. The number of carbonyl (C=O) groups is 1. The van der Waals surface area contributed by atoms with Gasteiger partial charge in [-0.1, -0.05) is 25.4 Å². The van der Waals surface area contributed by atoms with Gasteiger partial charge in [0.2, 0.25) is 0 Å². The highest BCUT2D eigenvalue weighted by Crippen LogP contribution is 2.25. The Morgan fingerprint density at radius 1 is 1.45 bits per heavy atom. The van der Waals surface area contributed by atoms with Gasteiger partial charge in [0.25, 0.3) is 5.56 Å². The van der Waals surface area contributed by atoms with Crippen molar-refractivity contribution in [2.75, 3.05) is 19.7 Å². The fourth-order valence-corrected chi connectivity index (χ4v) is 2.34. The third-order valence-electron chi connectivity index (χ3n) is 3.37. The number of halogens is 1. The molecule has 0 unspecified atom stereocenters. The lowest BCUT2D eigenvalue weighted by Gasteiger charge is -2.31. The number of H-pyrrole nitrogens is 1. The molecule has 1 amide bonds. The van der Waals surface area contributed by atoms with Crippen LogP contribution in [-0.2, 0) is 4.74 Å². The predicted octanol–water partition coefficient (Wildman–Crippen LogP) is 2.66. The van der Waals surface area contributed by atoms with Crippen molar-refractivity contribution in [3.63, 3.8) is 0 Å².